The van der Waals surface area contributed by atoms with Gasteiger partial charge in [-0.1, -0.05) is 12.1 Å². The molecule has 1 amide bonds. The number of carbonyl (C=O) groups is 2. The van der Waals surface area contributed by atoms with Gasteiger partial charge in [0.1, 0.15) is 23.1 Å². The number of ether oxygens (including phenoxy) is 2. The zero-order chi connectivity index (χ0) is 20.2. The first-order chi connectivity index (χ1) is 12.5. The van der Waals surface area contributed by atoms with Gasteiger partial charge in [-0.05, 0) is 51.8 Å². The van der Waals surface area contributed by atoms with E-state index in [2.05, 4.69) is 0 Å². The number of aliphatic hydroxyl groups is 1. The topological polar surface area (TPSA) is 96.3 Å². The third-order valence-electron chi connectivity index (χ3n) is 4.35. The van der Waals surface area contributed by atoms with Crippen LogP contribution in [0.5, 0.6) is 5.75 Å². The van der Waals surface area contributed by atoms with E-state index in [0.29, 0.717) is 25.1 Å². The lowest BCUT2D eigenvalue weighted by Crippen LogP contribution is -2.58. The monoisotopic (exact) mass is 379 g/mol. The Morgan fingerprint density at radius 1 is 1.26 bits per heavy atom. The summed E-state index contributed by atoms with van der Waals surface area (Å²) in [4.78, 5) is 24.4. The third kappa shape index (κ3) is 6.43. The number of hydrogen-bond acceptors (Lipinski definition) is 5. The Morgan fingerprint density at radius 2 is 1.89 bits per heavy atom. The molecule has 1 heterocycles. The highest BCUT2D eigenvalue weighted by Crippen LogP contribution is 2.27. The van der Waals surface area contributed by atoms with Gasteiger partial charge < -0.3 is 24.6 Å². The number of likely N-dealkylation sites (tertiary alicyclic amines) is 1. The highest BCUT2D eigenvalue weighted by atomic mass is 16.6. The number of carboxylic acids is 1. The van der Waals surface area contributed by atoms with Gasteiger partial charge in [0.05, 0.1) is 6.54 Å². The lowest BCUT2D eigenvalue weighted by molar-refractivity contribution is -0.136. The van der Waals surface area contributed by atoms with Crippen molar-refractivity contribution in [3.8, 4) is 5.75 Å². The van der Waals surface area contributed by atoms with Gasteiger partial charge in [0.2, 0.25) is 0 Å². The summed E-state index contributed by atoms with van der Waals surface area (Å²) >= 11 is 0. The van der Waals surface area contributed by atoms with Gasteiger partial charge in [0.15, 0.2) is 0 Å². The van der Waals surface area contributed by atoms with Crippen LogP contribution < -0.4 is 4.74 Å². The molecule has 0 aliphatic carbocycles. The number of aliphatic carboxylic acids is 1. The van der Waals surface area contributed by atoms with Gasteiger partial charge in [0.25, 0.3) is 0 Å². The van der Waals surface area contributed by atoms with Crippen molar-refractivity contribution in [2.45, 2.75) is 64.3 Å². The smallest absolute Gasteiger partial charge is 0.410 e. The molecule has 1 saturated heterocycles. The Balaban J connectivity index is 1.94. The molecule has 1 aliphatic rings. The highest BCUT2D eigenvalue weighted by Gasteiger charge is 2.42. The molecular formula is C20H29NO6. The maximum Gasteiger partial charge on any atom is 0.410 e. The Kier molecular flexibility index (Phi) is 6.36. The van der Waals surface area contributed by atoms with Crippen molar-refractivity contribution in [1.82, 2.24) is 4.90 Å². The SMILES string of the molecule is CC(C)(C)OC(=O)N1CC[C@H](Oc2ccc(CCC(=O)O)cc2)[C@@](C)(O)C1. The Labute approximate surface area is 159 Å². The van der Waals surface area contributed by atoms with E-state index in [1.54, 1.807) is 39.8 Å². The number of hydrogen-bond donors (Lipinski definition) is 2. The molecular weight excluding hydrogens is 350 g/mol. The molecule has 2 rings (SSSR count). The second-order valence-corrected chi connectivity index (χ2v) is 8.19. The van der Waals surface area contributed by atoms with Crippen LogP contribution >= 0.6 is 0 Å². The molecule has 7 heteroatoms. The van der Waals surface area contributed by atoms with Crippen LogP contribution in [0.2, 0.25) is 0 Å². The van der Waals surface area contributed by atoms with E-state index < -0.39 is 29.4 Å². The van der Waals surface area contributed by atoms with Crippen molar-refractivity contribution in [2.75, 3.05) is 13.1 Å². The van der Waals surface area contributed by atoms with E-state index in [1.165, 1.54) is 4.90 Å². The molecule has 1 aliphatic heterocycles. The number of rotatable bonds is 5. The zero-order valence-electron chi connectivity index (χ0n) is 16.4. The quantitative estimate of drug-likeness (QED) is 0.817. The van der Waals surface area contributed by atoms with Gasteiger partial charge in [-0.2, -0.15) is 0 Å². The van der Waals surface area contributed by atoms with E-state index in [1.807, 2.05) is 12.1 Å². The number of carbonyl (C=O) groups excluding carboxylic acids is 1. The maximum atomic E-state index is 12.2. The van der Waals surface area contributed by atoms with Crippen LogP contribution in [0, 0.1) is 0 Å². The minimum Gasteiger partial charge on any atom is -0.487 e. The van der Waals surface area contributed by atoms with Crippen molar-refractivity contribution in [3.05, 3.63) is 29.8 Å². The lowest BCUT2D eigenvalue weighted by Gasteiger charge is -2.42. The first-order valence-electron chi connectivity index (χ1n) is 9.14. The van der Waals surface area contributed by atoms with Crippen molar-refractivity contribution in [1.29, 1.82) is 0 Å². The normalized spacial score (nSPS) is 23.0. The highest BCUT2D eigenvalue weighted by molar-refractivity contribution is 5.68. The van der Waals surface area contributed by atoms with Crippen LogP contribution in [0.3, 0.4) is 0 Å². The number of nitrogens with zero attached hydrogens (tertiary/aromatic N) is 1. The molecule has 1 aromatic rings. The molecule has 1 fully saturated rings. The molecule has 0 aromatic heterocycles. The van der Waals surface area contributed by atoms with Crippen LogP contribution in [-0.4, -0.2) is 57.6 Å². The Hall–Kier alpha value is -2.28. The van der Waals surface area contributed by atoms with Crippen LogP contribution in [0.25, 0.3) is 0 Å². The van der Waals surface area contributed by atoms with Gasteiger partial charge in [0, 0.05) is 19.4 Å². The molecule has 7 nitrogen and oxygen atoms in total. The first-order valence-corrected chi connectivity index (χ1v) is 9.14. The molecule has 0 unspecified atom stereocenters. The minimum absolute atomic E-state index is 0.0814. The predicted octanol–water partition coefficient (Wildman–Crippen LogP) is 2.84. The molecule has 0 saturated carbocycles. The van der Waals surface area contributed by atoms with E-state index in [4.69, 9.17) is 14.6 Å². The summed E-state index contributed by atoms with van der Waals surface area (Å²) < 4.78 is 11.3. The Morgan fingerprint density at radius 3 is 2.41 bits per heavy atom. The van der Waals surface area contributed by atoms with E-state index in [0.717, 1.165) is 5.56 Å². The number of piperidine rings is 1. The molecule has 1 aromatic carbocycles. The number of benzene rings is 1. The van der Waals surface area contributed by atoms with Gasteiger partial charge in [-0.3, -0.25) is 4.79 Å². The predicted molar refractivity (Wildman–Crippen MR) is 99.9 cm³/mol. The summed E-state index contributed by atoms with van der Waals surface area (Å²) in [5.41, 5.74) is -0.883. The van der Waals surface area contributed by atoms with Crippen LogP contribution in [0.15, 0.2) is 24.3 Å². The summed E-state index contributed by atoms with van der Waals surface area (Å²) in [6.07, 6.45) is 0.122. The number of β-amino-alcohol motifs (C(OH)–C–C–N with tert-alkyl or cyclic N) is 1. The van der Waals surface area contributed by atoms with Crippen molar-refractivity contribution < 1.29 is 29.3 Å². The summed E-state index contributed by atoms with van der Waals surface area (Å²) in [5, 5.41) is 19.5. The second-order valence-electron chi connectivity index (χ2n) is 8.19. The average molecular weight is 379 g/mol. The maximum absolute atomic E-state index is 12.2. The fraction of sp³-hybridized carbons (Fsp3) is 0.600. The lowest BCUT2D eigenvalue weighted by atomic mass is 9.91. The van der Waals surface area contributed by atoms with Crippen LogP contribution in [0.1, 0.15) is 46.1 Å². The fourth-order valence-electron chi connectivity index (χ4n) is 2.97. The van der Waals surface area contributed by atoms with Crippen molar-refractivity contribution >= 4 is 12.1 Å². The van der Waals surface area contributed by atoms with Gasteiger partial charge >= 0.3 is 12.1 Å². The molecule has 27 heavy (non-hydrogen) atoms. The fourth-order valence-corrected chi connectivity index (χ4v) is 2.97. The average Bonchev–Trinajstić information content (AvgIpc) is 2.54. The van der Waals surface area contributed by atoms with E-state index >= 15 is 0 Å². The third-order valence-corrected chi connectivity index (χ3v) is 4.35. The molecule has 150 valence electrons. The summed E-state index contributed by atoms with van der Waals surface area (Å²) in [5.74, 6) is -0.229. The van der Waals surface area contributed by atoms with Crippen molar-refractivity contribution in [2.24, 2.45) is 0 Å². The van der Waals surface area contributed by atoms with Crippen LogP contribution in [0.4, 0.5) is 4.79 Å². The molecule has 2 N–H and O–H groups in total. The minimum atomic E-state index is -1.21. The van der Waals surface area contributed by atoms with Gasteiger partial charge in [-0.15, -0.1) is 0 Å². The molecule has 0 spiro atoms. The van der Waals surface area contributed by atoms with E-state index in [-0.39, 0.29) is 13.0 Å². The number of carboxylic acid groups (broad SMARTS) is 1. The van der Waals surface area contributed by atoms with Gasteiger partial charge in [-0.25, -0.2) is 4.79 Å². The first kappa shape index (κ1) is 21.0. The zero-order valence-corrected chi connectivity index (χ0v) is 16.4. The number of amides is 1. The second kappa shape index (κ2) is 8.17. The number of aryl methyl sites for hydroxylation is 1. The molecule has 2 atom stereocenters. The molecule has 0 bridgehead atoms. The van der Waals surface area contributed by atoms with E-state index in [9.17, 15) is 14.7 Å². The largest absolute Gasteiger partial charge is 0.487 e. The Bertz CT molecular complexity index is 662. The summed E-state index contributed by atoms with van der Waals surface area (Å²) in [6, 6.07) is 7.19. The summed E-state index contributed by atoms with van der Waals surface area (Å²) in [7, 11) is 0. The standard InChI is InChI=1S/C20H29NO6/c1-19(2,3)27-18(24)21-12-11-16(20(4,25)13-21)26-15-8-5-14(6-9-15)7-10-17(22)23/h5-6,8-9,16,25H,7,10-13H2,1-4H3,(H,22,23)/t16-,20-/m0/s1. The molecule has 0 radical (unpaired) electrons. The van der Waals surface area contributed by atoms with Crippen molar-refractivity contribution in [3.63, 3.8) is 0 Å². The summed E-state index contributed by atoms with van der Waals surface area (Å²) in [6.45, 7) is 7.63. The van der Waals surface area contributed by atoms with Crippen LogP contribution in [-0.2, 0) is 16.0 Å².